The SMILES string of the molecule is CN1C(=O)C[C@@H](CNC(c2cncc(F)c2)C2CC2)[C@@H]1c1cnn(C)c1. The van der Waals surface area contributed by atoms with Crippen molar-refractivity contribution >= 4 is 5.91 Å². The number of pyridine rings is 1. The summed E-state index contributed by atoms with van der Waals surface area (Å²) in [7, 11) is 3.74. The summed E-state index contributed by atoms with van der Waals surface area (Å²) in [6.07, 6.45) is 9.58. The standard InChI is InChI=1S/C19H24FN5O/c1-24-11-15(9-23-24)19-14(6-17(26)25(19)2)8-22-18(12-3-4-12)13-5-16(20)10-21-7-13/h5,7,9-12,14,18-19,22H,3-4,6,8H2,1-2H3/t14-,18?,19+/m0/s1. The molecule has 0 spiro atoms. The lowest BCUT2D eigenvalue weighted by Gasteiger charge is -2.26. The molecule has 6 nitrogen and oxygen atoms in total. The molecule has 2 fully saturated rings. The van der Waals surface area contributed by atoms with Crippen molar-refractivity contribution in [2.75, 3.05) is 13.6 Å². The van der Waals surface area contributed by atoms with Gasteiger partial charge in [0, 0.05) is 57.0 Å². The Kier molecular flexibility index (Phi) is 4.48. The first-order valence-corrected chi connectivity index (χ1v) is 9.11. The number of rotatable bonds is 6. The Balaban J connectivity index is 1.50. The van der Waals surface area contributed by atoms with Crippen LogP contribution in [-0.2, 0) is 11.8 Å². The number of nitrogens with zero attached hydrogens (tertiary/aromatic N) is 4. The van der Waals surface area contributed by atoms with E-state index >= 15 is 0 Å². The minimum atomic E-state index is -0.307. The maximum atomic E-state index is 13.6. The van der Waals surface area contributed by atoms with Gasteiger partial charge < -0.3 is 10.2 Å². The van der Waals surface area contributed by atoms with Gasteiger partial charge in [-0.3, -0.25) is 14.5 Å². The van der Waals surface area contributed by atoms with Gasteiger partial charge in [0.2, 0.25) is 5.91 Å². The number of carbonyl (C=O) groups excluding carboxylic acids is 1. The number of likely N-dealkylation sites (tertiary alicyclic amines) is 1. The normalized spacial score (nSPS) is 24.3. The molecule has 3 atom stereocenters. The van der Waals surface area contributed by atoms with Crippen molar-refractivity contribution in [3.05, 3.63) is 47.8 Å². The molecular weight excluding hydrogens is 333 g/mol. The summed E-state index contributed by atoms with van der Waals surface area (Å²) < 4.78 is 15.4. The third kappa shape index (κ3) is 3.35. The second-order valence-corrected chi connectivity index (χ2v) is 7.52. The summed E-state index contributed by atoms with van der Waals surface area (Å²) in [5.74, 6) is 0.532. The molecular formula is C19H24FN5O. The zero-order valence-electron chi connectivity index (χ0n) is 15.1. The van der Waals surface area contributed by atoms with Crippen LogP contribution in [0.25, 0.3) is 0 Å². The molecule has 3 heterocycles. The van der Waals surface area contributed by atoms with Gasteiger partial charge in [-0.05, 0) is 30.4 Å². The number of carbonyl (C=O) groups is 1. The largest absolute Gasteiger partial charge is 0.338 e. The van der Waals surface area contributed by atoms with Gasteiger partial charge in [0.25, 0.3) is 0 Å². The second-order valence-electron chi connectivity index (χ2n) is 7.52. The summed E-state index contributed by atoms with van der Waals surface area (Å²) in [5.41, 5.74) is 1.95. The zero-order chi connectivity index (χ0) is 18.3. The van der Waals surface area contributed by atoms with Crippen LogP contribution in [0.2, 0.25) is 0 Å². The van der Waals surface area contributed by atoms with E-state index in [1.54, 1.807) is 16.9 Å². The van der Waals surface area contributed by atoms with E-state index in [2.05, 4.69) is 15.4 Å². The molecule has 2 aromatic heterocycles. The molecule has 0 radical (unpaired) electrons. The molecule has 138 valence electrons. The average molecular weight is 357 g/mol. The van der Waals surface area contributed by atoms with E-state index in [9.17, 15) is 9.18 Å². The van der Waals surface area contributed by atoms with Gasteiger partial charge in [0.05, 0.1) is 18.4 Å². The first kappa shape index (κ1) is 17.1. The van der Waals surface area contributed by atoms with Crippen molar-refractivity contribution in [3.8, 4) is 0 Å². The van der Waals surface area contributed by atoms with E-state index in [4.69, 9.17) is 0 Å². The predicted octanol–water partition coefficient (Wildman–Crippen LogP) is 2.21. The van der Waals surface area contributed by atoms with Crippen LogP contribution >= 0.6 is 0 Å². The topological polar surface area (TPSA) is 63.1 Å². The second kappa shape index (κ2) is 6.79. The number of aromatic nitrogens is 3. The van der Waals surface area contributed by atoms with Crippen LogP contribution in [0.4, 0.5) is 4.39 Å². The highest BCUT2D eigenvalue weighted by Crippen LogP contribution is 2.42. The highest BCUT2D eigenvalue weighted by molar-refractivity contribution is 5.79. The Morgan fingerprint density at radius 2 is 2.12 bits per heavy atom. The number of halogens is 1. The number of amides is 1. The first-order chi connectivity index (χ1) is 12.5. The molecule has 4 rings (SSSR count). The van der Waals surface area contributed by atoms with E-state index in [1.165, 1.54) is 6.20 Å². The summed E-state index contributed by atoms with van der Waals surface area (Å²) >= 11 is 0. The molecule has 0 bridgehead atoms. The molecule has 26 heavy (non-hydrogen) atoms. The van der Waals surface area contributed by atoms with E-state index in [-0.39, 0.29) is 29.7 Å². The fraction of sp³-hybridized carbons (Fsp3) is 0.526. The summed E-state index contributed by atoms with van der Waals surface area (Å²) in [5, 5.41) is 7.86. The molecule has 1 saturated heterocycles. The number of nitrogens with one attached hydrogen (secondary N) is 1. The molecule has 2 aliphatic rings. The zero-order valence-corrected chi connectivity index (χ0v) is 15.1. The molecule has 1 saturated carbocycles. The number of aryl methyl sites for hydroxylation is 1. The van der Waals surface area contributed by atoms with Crippen molar-refractivity contribution in [3.63, 3.8) is 0 Å². The van der Waals surface area contributed by atoms with Crippen LogP contribution in [0.1, 0.15) is 42.5 Å². The Morgan fingerprint density at radius 1 is 1.31 bits per heavy atom. The van der Waals surface area contributed by atoms with Crippen molar-refractivity contribution in [2.45, 2.75) is 31.3 Å². The average Bonchev–Trinajstić information content (AvgIpc) is 3.29. The number of hydrogen-bond acceptors (Lipinski definition) is 4. The van der Waals surface area contributed by atoms with E-state index in [1.807, 2.05) is 31.4 Å². The van der Waals surface area contributed by atoms with E-state index in [0.717, 1.165) is 24.0 Å². The summed E-state index contributed by atoms with van der Waals surface area (Å²) in [6, 6.07) is 1.68. The number of hydrogen-bond donors (Lipinski definition) is 1. The Labute approximate surface area is 152 Å². The van der Waals surface area contributed by atoms with E-state index < -0.39 is 0 Å². The van der Waals surface area contributed by atoms with Gasteiger partial charge in [0.15, 0.2) is 0 Å². The van der Waals surface area contributed by atoms with E-state index in [0.29, 0.717) is 18.9 Å². The molecule has 1 unspecified atom stereocenters. The molecule has 1 aliphatic heterocycles. The van der Waals surface area contributed by atoms with Crippen LogP contribution in [0.3, 0.4) is 0 Å². The Morgan fingerprint density at radius 3 is 2.77 bits per heavy atom. The molecule has 1 amide bonds. The van der Waals surface area contributed by atoms with Crippen LogP contribution in [0, 0.1) is 17.7 Å². The molecule has 1 aliphatic carbocycles. The summed E-state index contributed by atoms with van der Waals surface area (Å²) in [6.45, 7) is 0.702. The smallest absolute Gasteiger partial charge is 0.223 e. The fourth-order valence-electron chi connectivity index (χ4n) is 4.09. The van der Waals surface area contributed by atoms with Crippen LogP contribution in [0.5, 0.6) is 0 Å². The third-order valence-electron chi connectivity index (χ3n) is 5.54. The minimum absolute atomic E-state index is 0.0224. The van der Waals surface area contributed by atoms with Gasteiger partial charge in [-0.2, -0.15) is 5.10 Å². The van der Waals surface area contributed by atoms with Gasteiger partial charge in [-0.25, -0.2) is 4.39 Å². The van der Waals surface area contributed by atoms with Gasteiger partial charge in [-0.15, -0.1) is 0 Å². The predicted molar refractivity (Wildman–Crippen MR) is 94.5 cm³/mol. The molecule has 2 aromatic rings. The van der Waals surface area contributed by atoms with Gasteiger partial charge >= 0.3 is 0 Å². The third-order valence-corrected chi connectivity index (χ3v) is 5.54. The lowest BCUT2D eigenvalue weighted by Crippen LogP contribution is -2.32. The summed E-state index contributed by atoms with van der Waals surface area (Å²) in [4.78, 5) is 18.1. The van der Waals surface area contributed by atoms with Crippen LogP contribution in [0.15, 0.2) is 30.9 Å². The molecule has 1 N–H and O–H groups in total. The maximum absolute atomic E-state index is 13.6. The van der Waals surface area contributed by atoms with Crippen molar-refractivity contribution < 1.29 is 9.18 Å². The Hall–Kier alpha value is -2.28. The quantitative estimate of drug-likeness (QED) is 0.861. The molecule has 0 aromatic carbocycles. The fourth-order valence-corrected chi connectivity index (χ4v) is 4.09. The van der Waals surface area contributed by atoms with Crippen LogP contribution in [-0.4, -0.2) is 39.2 Å². The molecule has 7 heteroatoms. The monoisotopic (exact) mass is 357 g/mol. The Bertz CT molecular complexity index is 803. The van der Waals surface area contributed by atoms with Crippen LogP contribution < -0.4 is 5.32 Å². The van der Waals surface area contributed by atoms with Crippen molar-refractivity contribution in [1.29, 1.82) is 0 Å². The van der Waals surface area contributed by atoms with Crippen molar-refractivity contribution in [2.24, 2.45) is 18.9 Å². The highest BCUT2D eigenvalue weighted by Gasteiger charge is 2.40. The minimum Gasteiger partial charge on any atom is -0.338 e. The van der Waals surface area contributed by atoms with Gasteiger partial charge in [0.1, 0.15) is 5.82 Å². The lowest BCUT2D eigenvalue weighted by atomic mass is 9.94. The van der Waals surface area contributed by atoms with Crippen molar-refractivity contribution in [1.82, 2.24) is 25.0 Å². The highest BCUT2D eigenvalue weighted by atomic mass is 19.1. The maximum Gasteiger partial charge on any atom is 0.223 e. The van der Waals surface area contributed by atoms with Gasteiger partial charge in [-0.1, -0.05) is 0 Å². The first-order valence-electron chi connectivity index (χ1n) is 9.11. The lowest BCUT2D eigenvalue weighted by molar-refractivity contribution is -0.127.